The number of hydroxylamine groups is 1. The molecule has 0 amide bonds. The Labute approximate surface area is 135 Å². The molecular weight excluding hydrogens is 298 g/mol. The Kier molecular flexibility index (Phi) is 3.62. The average molecular weight is 323 g/mol. The molecule has 7 nitrogen and oxygen atoms in total. The average Bonchev–Trinajstić information content (AvgIpc) is 2.82. The Morgan fingerprint density at radius 1 is 1.22 bits per heavy atom. The number of oxime groups is 1. The molecule has 4 rings (SSSR count). The summed E-state index contributed by atoms with van der Waals surface area (Å²) in [5.41, 5.74) is -1.18. The van der Waals surface area contributed by atoms with Crippen LogP contribution in [0.15, 0.2) is 5.16 Å². The molecule has 0 aromatic carbocycles. The standard InChI is InChI=1S/C16H25N3O4/c20-16-12-4-1-2-7-15(12,18-8-10-23-11-9-18)19(22)14(16)6-3-5-13(16)17-21/h12,20-21H,1-11H2/b17-13+/t12-,15+,16+/m1/s1. The van der Waals surface area contributed by atoms with Crippen LogP contribution in [-0.4, -0.2) is 68.9 Å². The first-order chi connectivity index (χ1) is 11.2. The number of ether oxygens (including phenoxy) is 1. The first-order valence-electron chi connectivity index (χ1n) is 8.76. The van der Waals surface area contributed by atoms with Crippen LogP contribution in [0.3, 0.4) is 0 Å². The molecule has 2 aliphatic carbocycles. The fourth-order valence-electron chi connectivity index (χ4n) is 5.37. The summed E-state index contributed by atoms with van der Waals surface area (Å²) >= 11 is 0. The third-order valence-electron chi connectivity index (χ3n) is 6.33. The third-order valence-corrected chi connectivity index (χ3v) is 6.33. The van der Waals surface area contributed by atoms with E-state index in [1.165, 1.54) is 0 Å². The fraction of sp³-hybridized carbons (Fsp3) is 0.875. The SMILES string of the molecule is [O-][N+]1=C2CCC/C(=N\O)[C@@]2(O)[C@@H]2CCCC[C@@]21N1CCOCC1. The third kappa shape index (κ3) is 1.87. The molecule has 0 aromatic rings. The quantitative estimate of drug-likeness (QED) is 0.324. The molecule has 23 heavy (non-hydrogen) atoms. The van der Waals surface area contributed by atoms with Crippen LogP contribution >= 0.6 is 0 Å². The van der Waals surface area contributed by atoms with Gasteiger partial charge >= 0.3 is 0 Å². The van der Waals surface area contributed by atoms with E-state index in [1.807, 2.05) is 0 Å². The van der Waals surface area contributed by atoms with Gasteiger partial charge in [0.15, 0.2) is 5.60 Å². The van der Waals surface area contributed by atoms with Gasteiger partial charge in [0.25, 0.3) is 0 Å². The minimum atomic E-state index is -1.37. The van der Waals surface area contributed by atoms with Crippen molar-refractivity contribution in [3.63, 3.8) is 0 Å². The number of aliphatic hydroxyl groups is 1. The lowest BCUT2D eigenvalue weighted by molar-refractivity contribution is -0.591. The van der Waals surface area contributed by atoms with Crippen molar-refractivity contribution < 1.29 is 19.8 Å². The molecule has 2 saturated carbocycles. The Morgan fingerprint density at radius 2 is 2.00 bits per heavy atom. The Bertz CT molecular complexity index is 558. The molecule has 2 aliphatic heterocycles. The molecule has 7 heteroatoms. The van der Waals surface area contributed by atoms with Crippen LogP contribution in [0.1, 0.15) is 44.9 Å². The van der Waals surface area contributed by atoms with Crippen LogP contribution < -0.4 is 0 Å². The minimum absolute atomic E-state index is 0.222. The summed E-state index contributed by atoms with van der Waals surface area (Å²) in [6.07, 6.45) is 5.42. The predicted octanol–water partition coefficient (Wildman–Crippen LogP) is 0.915. The van der Waals surface area contributed by atoms with Gasteiger partial charge in [0.2, 0.25) is 11.4 Å². The second kappa shape index (κ2) is 5.43. The molecule has 0 aromatic heterocycles. The maximum absolute atomic E-state index is 13.4. The fourth-order valence-corrected chi connectivity index (χ4v) is 5.37. The van der Waals surface area contributed by atoms with Crippen LogP contribution in [0.5, 0.6) is 0 Å². The van der Waals surface area contributed by atoms with Gasteiger partial charge in [-0.25, -0.2) is 4.90 Å². The lowest BCUT2D eigenvalue weighted by Crippen LogP contribution is -2.65. The number of morpholine rings is 1. The van der Waals surface area contributed by atoms with Gasteiger partial charge in [-0.05, 0) is 25.7 Å². The molecule has 2 heterocycles. The molecule has 0 spiro atoms. The molecule has 2 N–H and O–H groups in total. The summed E-state index contributed by atoms with van der Waals surface area (Å²) in [6, 6.07) is 0. The maximum atomic E-state index is 13.4. The minimum Gasteiger partial charge on any atom is -0.622 e. The molecule has 4 aliphatic rings. The van der Waals surface area contributed by atoms with Crippen LogP contribution in [0.2, 0.25) is 0 Å². The van der Waals surface area contributed by atoms with Crippen LogP contribution in [0.25, 0.3) is 0 Å². The van der Waals surface area contributed by atoms with Crippen LogP contribution in [0.4, 0.5) is 0 Å². The van der Waals surface area contributed by atoms with Gasteiger partial charge in [-0.15, -0.1) is 0 Å². The summed E-state index contributed by atoms with van der Waals surface area (Å²) in [6.45, 7) is 2.67. The van der Waals surface area contributed by atoms with Gasteiger partial charge in [0.1, 0.15) is 0 Å². The second-order valence-electron chi connectivity index (χ2n) is 7.18. The molecule has 128 valence electrons. The molecular formula is C16H25N3O4. The molecule has 3 fully saturated rings. The van der Waals surface area contributed by atoms with Crippen molar-refractivity contribution in [2.24, 2.45) is 11.1 Å². The largest absolute Gasteiger partial charge is 0.622 e. The van der Waals surface area contributed by atoms with E-state index in [2.05, 4.69) is 10.1 Å². The smallest absolute Gasteiger partial charge is 0.235 e. The highest BCUT2D eigenvalue weighted by Crippen LogP contribution is 2.52. The highest BCUT2D eigenvalue weighted by atomic mass is 16.5. The van der Waals surface area contributed by atoms with Gasteiger partial charge in [-0.3, -0.25) is 0 Å². The van der Waals surface area contributed by atoms with E-state index in [1.54, 1.807) is 0 Å². The van der Waals surface area contributed by atoms with Gasteiger partial charge < -0.3 is 20.3 Å². The summed E-state index contributed by atoms with van der Waals surface area (Å²) in [5, 5.41) is 37.7. The van der Waals surface area contributed by atoms with Crippen molar-refractivity contribution in [2.45, 2.75) is 56.2 Å². The number of fused-ring (bicyclic) bond motifs is 3. The van der Waals surface area contributed by atoms with Crippen molar-refractivity contribution in [3.8, 4) is 0 Å². The zero-order valence-electron chi connectivity index (χ0n) is 13.4. The second-order valence-corrected chi connectivity index (χ2v) is 7.18. The van der Waals surface area contributed by atoms with E-state index in [0.717, 1.165) is 36.8 Å². The maximum Gasteiger partial charge on any atom is 0.235 e. The molecule has 0 unspecified atom stereocenters. The Balaban J connectivity index is 1.85. The van der Waals surface area contributed by atoms with Crippen molar-refractivity contribution in [2.75, 3.05) is 26.3 Å². The number of rotatable bonds is 1. The topological polar surface area (TPSA) is 91.4 Å². The van der Waals surface area contributed by atoms with E-state index in [4.69, 9.17) is 4.74 Å². The zero-order chi connectivity index (χ0) is 16.1. The lowest BCUT2D eigenvalue weighted by atomic mass is 9.65. The molecule has 1 saturated heterocycles. The normalized spacial score (nSPS) is 43.5. The summed E-state index contributed by atoms with van der Waals surface area (Å²) in [5.74, 6) is -0.222. The van der Waals surface area contributed by atoms with Gasteiger partial charge in [-0.1, -0.05) is 11.6 Å². The van der Waals surface area contributed by atoms with Gasteiger partial charge in [0, 0.05) is 25.9 Å². The van der Waals surface area contributed by atoms with Crippen molar-refractivity contribution in [3.05, 3.63) is 5.21 Å². The summed E-state index contributed by atoms with van der Waals surface area (Å²) in [4.78, 5) is 2.21. The van der Waals surface area contributed by atoms with E-state index >= 15 is 0 Å². The van der Waals surface area contributed by atoms with Gasteiger partial charge in [0.05, 0.1) is 24.8 Å². The first-order valence-corrected chi connectivity index (χ1v) is 8.76. The monoisotopic (exact) mass is 323 g/mol. The Morgan fingerprint density at radius 3 is 2.74 bits per heavy atom. The van der Waals surface area contributed by atoms with E-state index in [9.17, 15) is 15.5 Å². The number of nitrogens with zero attached hydrogens (tertiary/aromatic N) is 3. The van der Waals surface area contributed by atoms with Crippen LogP contribution in [-0.2, 0) is 4.74 Å². The van der Waals surface area contributed by atoms with E-state index in [-0.39, 0.29) is 5.92 Å². The summed E-state index contributed by atoms with van der Waals surface area (Å²) in [7, 11) is 0. The molecule has 0 radical (unpaired) electrons. The Hall–Kier alpha value is -1.18. The van der Waals surface area contributed by atoms with Crippen molar-refractivity contribution in [1.82, 2.24) is 4.90 Å². The van der Waals surface area contributed by atoms with Gasteiger partial charge in [-0.2, -0.15) is 4.74 Å². The molecule has 0 bridgehead atoms. The van der Waals surface area contributed by atoms with Crippen molar-refractivity contribution >= 4 is 11.4 Å². The number of hydrogen-bond donors (Lipinski definition) is 2. The lowest BCUT2D eigenvalue weighted by Gasteiger charge is -2.47. The number of hydrogen-bond acceptors (Lipinski definition) is 6. The van der Waals surface area contributed by atoms with E-state index < -0.39 is 11.3 Å². The predicted molar refractivity (Wildman–Crippen MR) is 83.7 cm³/mol. The van der Waals surface area contributed by atoms with Crippen molar-refractivity contribution in [1.29, 1.82) is 0 Å². The summed E-state index contributed by atoms with van der Waals surface area (Å²) < 4.78 is 6.57. The van der Waals surface area contributed by atoms with E-state index in [0.29, 0.717) is 50.6 Å². The highest BCUT2D eigenvalue weighted by molar-refractivity contribution is 6.15. The molecule has 3 atom stereocenters. The highest BCUT2D eigenvalue weighted by Gasteiger charge is 2.71. The van der Waals surface area contributed by atoms with Crippen LogP contribution in [0, 0.1) is 11.1 Å². The zero-order valence-corrected chi connectivity index (χ0v) is 13.4. The first kappa shape index (κ1) is 15.4.